The molecule has 1 fully saturated rings. The first-order chi connectivity index (χ1) is 9.25. The fraction of sp³-hybridized carbons (Fsp3) is 0.500. The highest BCUT2D eigenvalue weighted by atomic mass is 32.2. The van der Waals surface area contributed by atoms with Crippen LogP contribution in [0.5, 0.6) is 0 Å². The van der Waals surface area contributed by atoms with Crippen LogP contribution in [0, 0.1) is 0 Å². The predicted octanol–water partition coefficient (Wildman–Crippen LogP) is 1.33. The Morgan fingerprint density at radius 3 is 2.47 bits per heavy atom. The quantitative estimate of drug-likeness (QED) is 0.660. The first-order valence-electron chi connectivity index (χ1n) is 5.98. The SMILES string of the molecule is O=C(O)N1CCC(N2C=CSN2)CC1N1C=CSN1. The Kier molecular flexibility index (Phi) is 3.78. The molecule has 0 aromatic heterocycles. The summed E-state index contributed by atoms with van der Waals surface area (Å²) in [7, 11) is 0. The van der Waals surface area contributed by atoms with E-state index in [1.54, 1.807) is 0 Å². The molecule has 104 valence electrons. The summed E-state index contributed by atoms with van der Waals surface area (Å²) in [6.07, 6.45) is 4.42. The maximum Gasteiger partial charge on any atom is 0.408 e. The molecule has 3 aliphatic heterocycles. The topological polar surface area (TPSA) is 71.1 Å². The molecule has 2 unspecified atom stereocenters. The van der Waals surface area contributed by atoms with Crippen LogP contribution < -0.4 is 9.66 Å². The van der Waals surface area contributed by atoms with Crippen molar-refractivity contribution in [3.05, 3.63) is 23.2 Å². The van der Waals surface area contributed by atoms with Gasteiger partial charge in [-0.3, -0.25) is 9.91 Å². The van der Waals surface area contributed by atoms with Gasteiger partial charge in [0.15, 0.2) is 0 Å². The smallest absolute Gasteiger partial charge is 0.408 e. The third-order valence-electron chi connectivity index (χ3n) is 3.40. The van der Waals surface area contributed by atoms with E-state index in [0.29, 0.717) is 12.6 Å². The molecule has 0 aromatic rings. The zero-order valence-corrected chi connectivity index (χ0v) is 11.7. The minimum atomic E-state index is -0.866. The van der Waals surface area contributed by atoms with Crippen molar-refractivity contribution in [3.63, 3.8) is 0 Å². The number of rotatable bonds is 2. The van der Waals surface area contributed by atoms with Crippen molar-refractivity contribution in [2.45, 2.75) is 25.0 Å². The Bertz CT molecular complexity index is 419. The number of likely N-dealkylation sites (tertiary alicyclic amines) is 1. The van der Waals surface area contributed by atoms with Crippen molar-refractivity contribution in [1.29, 1.82) is 0 Å². The lowest BCUT2D eigenvalue weighted by Crippen LogP contribution is -2.58. The molecule has 3 heterocycles. The number of nitrogens with zero attached hydrogens (tertiary/aromatic N) is 3. The van der Waals surface area contributed by atoms with Gasteiger partial charge in [-0.05, 0) is 30.3 Å². The van der Waals surface area contributed by atoms with E-state index in [9.17, 15) is 9.90 Å². The number of carboxylic acid groups (broad SMARTS) is 1. The Morgan fingerprint density at radius 2 is 1.89 bits per heavy atom. The van der Waals surface area contributed by atoms with E-state index < -0.39 is 6.09 Å². The summed E-state index contributed by atoms with van der Waals surface area (Å²) in [5.74, 6) is 0. The van der Waals surface area contributed by atoms with Crippen molar-refractivity contribution in [1.82, 2.24) is 24.6 Å². The maximum absolute atomic E-state index is 11.3. The molecule has 0 aliphatic carbocycles. The van der Waals surface area contributed by atoms with Gasteiger partial charge in [0.1, 0.15) is 6.17 Å². The van der Waals surface area contributed by atoms with Gasteiger partial charge in [-0.2, -0.15) is 9.66 Å². The molecule has 2 atom stereocenters. The van der Waals surface area contributed by atoms with Gasteiger partial charge < -0.3 is 10.1 Å². The number of carbonyl (C=O) groups is 1. The van der Waals surface area contributed by atoms with Crippen LogP contribution >= 0.6 is 23.9 Å². The van der Waals surface area contributed by atoms with Crippen molar-refractivity contribution >= 4 is 30.0 Å². The molecule has 1 amide bonds. The second-order valence-corrected chi connectivity index (χ2v) is 5.82. The van der Waals surface area contributed by atoms with Crippen LogP contribution in [-0.4, -0.2) is 44.9 Å². The molecule has 9 heteroatoms. The summed E-state index contributed by atoms with van der Waals surface area (Å²) in [6.45, 7) is 0.540. The lowest BCUT2D eigenvalue weighted by atomic mass is 10.0. The summed E-state index contributed by atoms with van der Waals surface area (Å²) in [5.41, 5.74) is 0. The molecular formula is C10H15N5O2S2. The third-order valence-corrected chi connectivity index (χ3v) is 4.55. The zero-order chi connectivity index (χ0) is 13.2. The molecule has 0 spiro atoms. The molecule has 3 aliphatic rings. The standard InChI is InChI=1S/C10H15N5O2S2/c16-10(17)13-2-1-8(14-3-5-18-11-14)7-9(13)15-4-6-19-12-15/h3-6,8-9,11-12H,1-2,7H2,(H,16,17). The number of hydrogen-bond acceptors (Lipinski definition) is 7. The number of piperidine rings is 1. The van der Waals surface area contributed by atoms with Gasteiger partial charge in [0, 0.05) is 36.2 Å². The minimum absolute atomic E-state index is 0.178. The lowest BCUT2D eigenvalue weighted by Gasteiger charge is -2.43. The van der Waals surface area contributed by atoms with Crippen LogP contribution in [0.2, 0.25) is 0 Å². The van der Waals surface area contributed by atoms with Crippen molar-refractivity contribution in [2.75, 3.05) is 6.54 Å². The van der Waals surface area contributed by atoms with Crippen LogP contribution in [-0.2, 0) is 0 Å². The van der Waals surface area contributed by atoms with Gasteiger partial charge in [-0.25, -0.2) is 4.79 Å². The first-order valence-corrected chi connectivity index (χ1v) is 7.74. The van der Waals surface area contributed by atoms with Gasteiger partial charge in [0.25, 0.3) is 0 Å². The van der Waals surface area contributed by atoms with E-state index in [0.717, 1.165) is 12.8 Å². The van der Waals surface area contributed by atoms with Crippen LogP contribution in [0.1, 0.15) is 12.8 Å². The third kappa shape index (κ3) is 2.64. The highest BCUT2D eigenvalue weighted by Gasteiger charge is 2.37. The molecule has 0 saturated carbocycles. The average Bonchev–Trinajstić information content (AvgIpc) is 3.11. The number of hydrogen-bond donors (Lipinski definition) is 3. The second-order valence-electron chi connectivity index (χ2n) is 4.44. The largest absolute Gasteiger partial charge is 0.465 e. The molecule has 0 radical (unpaired) electrons. The first kappa shape index (κ1) is 13.0. The lowest BCUT2D eigenvalue weighted by molar-refractivity contribution is 0.00788. The van der Waals surface area contributed by atoms with Crippen LogP contribution in [0.25, 0.3) is 0 Å². The fourth-order valence-corrected chi connectivity index (χ4v) is 3.60. The predicted molar refractivity (Wildman–Crippen MR) is 75.0 cm³/mol. The van der Waals surface area contributed by atoms with E-state index in [-0.39, 0.29) is 6.17 Å². The average molecular weight is 301 g/mol. The zero-order valence-electron chi connectivity index (χ0n) is 10.1. The van der Waals surface area contributed by atoms with Crippen molar-refractivity contribution in [2.24, 2.45) is 0 Å². The molecule has 0 bridgehead atoms. The maximum atomic E-state index is 11.3. The number of hydrazine groups is 2. The molecule has 1 saturated heterocycles. The summed E-state index contributed by atoms with van der Waals surface area (Å²) >= 11 is 2.99. The molecule has 7 nitrogen and oxygen atoms in total. The van der Waals surface area contributed by atoms with E-state index in [2.05, 4.69) is 14.7 Å². The molecular weight excluding hydrogens is 286 g/mol. The van der Waals surface area contributed by atoms with Crippen molar-refractivity contribution in [3.8, 4) is 0 Å². The van der Waals surface area contributed by atoms with E-state index in [1.807, 2.05) is 28.2 Å². The Balaban J connectivity index is 1.72. The van der Waals surface area contributed by atoms with Gasteiger partial charge >= 0.3 is 6.09 Å². The van der Waals surface area contributed by atoms with Gasteiger partial charge in [0.05, 0.1) is 6.04 Å². The van der Waals surface area contributed by atoms with Gasteiger partial charge in [0.2, 0.25) is 0 Å². The summed E-state index contributed by atoms with van der Waals surface area (Å²) in [6, 6.07) is 0.299. The minimum Gasteiger partial charge on any atom is -0.465 e. The van der Waals surface area contributed by atoms with E-state index in [4.69, 9.17) is 0 Å². The monoisotopic (exact) mass is 301 g/mol. The van der Waals surface area contributed by atoms with E-state index in [1.165, 1.54) is 28.8 Å². The Hall–Kier alpha value is -1.03. The summed E-state index contributed by atoms with van der Waals surface area (Å²) < 4.78 is 0. The van der Waals surface area contributed by atoms with Crippen LogP contribution in [0.3, 0.4) is 0 Å². The highest BCUT2D eigenvalue weighted by Crippen LogP contribution is 2.28. The molecule has 0 aromatic carbocycles. The van der Waals surface area contributed by atoms with Gasteiger partial charge in [-0.1, -0.05) is 0 Å². The highest BCUT2D eigenvalue weighted by molar-refractivity contribution is 8.00. The fourth-order valence-electron chi connectivity index (χ4n) is 2.46. The normalized spacial score (nSPS) is 30.4. The van der Waals surface area contributed by atoms with Crippen LogP contribution in [0.4, 0.5) is 4.79 Å². The molecule has 3 rings (SSSR count). The number of amides is 1. The number of nitrogens with one attached hydrogen (secondary N) is 2. The Morgan fingerprint density at radius 1 is 1.21 bits per heavy atom. The Labute approximate surface area is 119 Å². The van der Waals surface area contributed by atoms with Crippen molar-refractivity contribution < 1.29 is 9.90 Å². The summed E-state index contributed by atoms with van der Waals surface area (Å²) in [4.78, 5) is 19.1. The molecule has 19 heavy (non-hydrogen) atoms. The van der Waals surface area contributed by atoms with Gasteiger partial charge in [-0.15, -0.1) is 0 Å². The van der Waals surface area contributed by atoms with E-state index >= 15 is 0 Å². The van der Waals surface area contributed by atoms with Crippen LogP contribution in [0.15, 0.2) is 23.2 Å². The second kappa shape index (κ2) is 5.53. The molecule has 3 N–H and O–H groups in total. The summed E-state index contributed by atoms with van der Waals surface area (Å²) in [5, 5.41) is 17.1.